The molecule has 1 unspecified atom stereocenters. The van der Waals surface area contributed by atoms with Crippen LogP contribution in [-0.2, 0) is 13.0 Å². The van der Waals surface area contributed by atoms with E-state index in [-0.39, 0.29) is 22.1 Å². The minimum Gasteiger partial charge on any atom is -0.348 e. The van der Waals surface area contributed by atoms with Crippen LogP contribution in [0.2, 0.25) is 5.02 Å². The Morgan fingerprint density at radius 3 is 2.88 bits per heavy atom. The average molecular weight is 494 g/mol. The fourth-order valence-corrected chi connectivity index (χ4v) is 6.58. The number of amides is 1. The second kappa shape index (κ2) is 9.17. The summed E-state index contributed by atoms with van der Waals surface area (Å²) in [6, 6.07) is 15.1. The molecule has 3 aromatic heterocycles. The lowest BCUT2D eigenvalue weighted by molar-refractivity contribution is 0.0948. The van der Waals surface area contributed by atoms with E-state index in [0.29, 0.717) is 18.0 Å². The normalized spacial score (nSPS) is 14.8. The van der Waals surface area contributed by atoms with Crippen LogP contribution >= 0.6 is 34.7 Å². The zero-order chi connectivity index (χ0) is 22.9. The van der Waals surface area contributed by atoms with Gasteiger partial charge in [0.2, 0.25) is 0 Å². The van der Waals surface area contributed by atoms with E-state index in [1.807, 2.05) is 53.3 Å². The second-order valence-corrected chi connectivity index (χ2v) is 10.4. The van der Waals surface area contributed by atoms with Gasteiger partial charge in [-0.2, -0.15) is 0 Å². The van der Waals surface area contributed by atoms with Gasteiger partial charge in [0, 0.05) is 62.9 Å². The maximum Gasteiger partial charge on any atom is 0.257 e. The fraction of sp³-hybridized carbons (Fsp3) is 0.160. The molecular formula is C25H20ClN3O2S2. The summed E-state index contributed by atoms with van der Waals surface area (Å²) in [5.41, 5.74) is 3.23. The molecule has 1 atom stereocenters. The van der Waals surface area contributed by atoms with Gasteiger partial charge in [0.1, 0.15) is 5.56 Å². The number of hydrogen-bond donors (Lipinski definition) is 1. The average Bonchev–Trinajstić information content (AvgIpc) is 3.28. The molecule has 0 aliphatic carbocycles. The van der Waals surface area contributed by atoms with Crippen molar-refractivity contribution in [1.29, 1.82) is 0 Å². The van der Waals surface area contributed by atoms with Crippen LogP contribution < -0.4 is 10.7 Å². The van der Waals surface area contributed by atoms with Crippen LogP contribution in [-0.4, -0.2) is 15.5 Å². The minimum absolute atomic E-state index is 0.0574. The molecule has 1 amide bonds. The van der Waals surface area contributed by atoms with Gasteiger partial charge >= 0.3 is 0 Å². The van der Waals surface area contributed by atoms with Gasteiger partial charge in [-0.15, -0.1) is 23.1 Å². The number of rotatable bonds is 4. The van der Waals surface area contributed by atoms with Gasteiger partial charge in [-0.05, 0) is 48.2 Å². The largest absolute Gasteiger partial charge is 0.348 e. The molecule has 1 N–H and O–H groups in total. The maximum atomic E-state index is 13.3. The fourth-order valence-electron chi connectivity index (χ4n) is 4.11. The van der Waals surface area contributed by atoms with Crippen molar-refractivity contribution in [3.8, 4) is 5.69 Å². The van der Waals surface area contributed by atoms with E-state index in [1.54, 1.807) is 35.5 Å². The number of nitrogens with zero attached hydrogens (tertiary/aromatic N) is 2. The van der Waals surface area contributed by atoms with Crippen molar-refractivity contribution in [3.05, 3.63) is 109 Å². The number of carbonyl (C=O) groups excluding carboxylic acids is 1. The lowest BCUT2D eigenvalue weighted by atomic mass is 10.0. The van der Waals surface area contributed by atoms with E-state index < -0.39 is 0 Å². The first-order chi connectivity index (χ1) is 16.0. The van der Waals surface area contributed by atoms with Gasteiger partial charge in [0.25, 0.3) is 5.91 Å². The third kappa shape index (κ3) is 4.36. The molecule has 1 aliphatic heterocycles. The van der Waals surface area contributed by atoms with Crippen molar-refractivity contribution >= 4 is 40.6 Å². The topological polar surface area (TPSA) is 64.0 Å². The van der Waals surface area contributed by atoms with E-state index in [2.05, 4.69) is 16.4 Å². The summed E-state index contributed by atoms with van der Waals surface area (Å²) in [6.45, 7) is 2.20. The highest BCUT2D eigenvalue weighted by molar-refractivity contribution is 7.99. The molecule has 0 bridgehead atoms. The Balaban J connectivity index is 1.64. The number of thiophene rings is 1. The van der Waals surface area contributed by atoms with Crippen molar-refractivity contribution in [2.75, 3.05) is 0 Å². The lowest BCUT2D eigenvalue weighted by Gasteiger charge is -2.20. The summed E-state index contributed by atoms with van der Waals surface area (Å²) in [5.74, 6) is -0.375. The van der Waals surface area contributed by atoms with Crippen LogP contribution in [0, 0.1) is 6.92 Å². The molecule has 0 saturated heterocycles. The minimum atomic E-state index is -0.375. The first-order valence-corrected chi connectivity index (χ1v) is 12.6. The Labute approximate surface area is 204 Å². The van der Waals surface area contributed by atoms with E-state index in [1.165, 1.54) is 10.9 Å². The van der Waals surface area contributed by atoms with Crippen LogP contribution in [0.5, 0.6) is 0 Å². The summed E-state index contributed by atoms with van der Waals surface area (Å²) < 4.78 is 2.03. The molecule has 4 aromatic rings. The molecule has 4 heterocycles. The molecule has 1 aromatic carbocycles. The van der Waals surface area contributed by atoms with Crippen molar-refractivity contribution in [2.24, 2.45) is 0 Å². The van der Waals surface area contributed by atoms with Crippen LogP contribution in [0.1, 0.15) is 37.4 Å². The molecule has 33 heavy (non-hydrogen) atoms. The van der Waals surface area contributed by atoms with Crippen LogP contribution in [0.4, 0.5) is 0 Å². The Hall–Kier alpha value is -2.87. The predicted molar refractivity (Wildman–Crippen MR) is 134 cm³/mol. The van der Waals surface area contributed by atoms with E-state index in [9.17, 15) is 9.59 Å². The number of benzene rings is 1. The number of halogens is 1. The number of hydrogen-bond acceptors (Lipinski definition) is 5. The lowest BCUT2D eigenvalue weighted by Crippen LogP contribution is -2.32. The molecule has 0 spiro atoms. The summed E-state index contributed by atoms with van der Waals surface area (Å²) in [5, 5.41) is 5.67. The quantitative estimate of drug-likeness (QED) is 0.403. The number of fused-ring (bicyclic) bond motifs is 3. The number of aromatic nitrogens is 2. The Morgan fingerprint density at radius 2 is 2.12 bits per heavy atom. The van der Waals surface area contributed by atoms with Crippen molar-refractivity contribution in [2.45, 2.75) is 30.0 Å². The molecule has 166 valence electrons. The summed E-state index contributed by atoms with van der Waals surface area (Å²) in [7, 11) is 0. The third-order valence-corrected chi connectivity index (χ3v) is 8.23. The first-order valence-electron chi connectivity index (χ1n) is 10.4. The zero-order valence-electron chi connectivity index (χ0n) is 17.7. The van der Waals surface area contributed by atoms with Crippen LogP contribution in [0.15, 0.2) is 76.0 Å². The SMILES string of the molecule is Cc1cc(=O)c(C(=O)NCc2cccnc2)c2n1-c1ccc(Cl)cc1SC(c1cccs1)C2. The molecule has 0 saturated carbocycles. The van der Waals surface area contributed by atoms with Gasteiger partial charge in [-0.1, -0.05) is 23.7 Å². The second-order valence-electron chi connectivity index (χ2n) is 7.79. The Bertz CT molecular complexity index is 1390. The van der Waals surface area contributed by atoms with Crippen molar-refractivity contribution in [1.82, 2.24) is 14.9 Å². The van der Waals surface area contributed by atoms with Crippen molar-refractivity contribution < 1.29 is 4.79 Å². The molecule has 8 heteroatoms. The smallest absolute Gasteiger partial charge is 0.257 e. The molecule has 5 rings (SSSR count). The van der Waals surface area contributed by atoms with Crippen LogP contribution in [0.3, 0.4) is 0 Å². The highest BCUT2D eigenvalue weighted by Crippen LogP contribution is 2.46. The monoisotopic (exact) mass is 493 g/mol. The Morgan fingerprint density at radius 1 is 1.24 bits per heavy atom. The maximum absolute atomic E-state index is 13.3. The number of nitrogens with one attached hydrogen (secondary N) is 1. The highest BCUT2D eigenvalue weighted by Gasteiger charge is 2.29. The standard InChI is InChI=1S/C25H20ClN3O2S2/c1-15-10-20(30)24(25(31)28-14-16-4-2-8-27-13-16)19-12-23(21-5-3-9-32-21)33-22-11-17(26)6-7-18(22)29(15)19/h2-11,13,23H,12,14H2,1H3,(H,28,31). The van der Waals surface area contributed by atoms with Gasteiger partial charge in [-0.25, -0.2) is 0 Å². The highest BCUT2D eigenvalue weighted by atomic mass is 35.5. The summed E-state index contributed by atoms with van der Waals surface area (Å²) >= 11 is 9.72. The molecule has 1 aliphatic rings. The zero-order valence-corrected chi connectivity index (χ0v) is 20.1. The van der Waals surface area contributed by atoms with Gasteiger partial charge in [-0.3, -0.25) is 14.6 Å². The third-order valence-electron chi connectivity index (χ3n) is 5.57. The summed E-state index contributed by atoms with van der Waals surface area (Å²) in [4.78, 5) is 32.7. The first kappa shape index (κ1) is 21.9. The van der Waals surface area contributed by atoms with E-state index in [0.717, 1.165) is 27.5 Å². The number of aryl methyl sites for hydroxylation is 1. The van der Waals surface area contributed by atoms with Gasteiger partial charge in [0.15, 0.2) is 5.43 Å². The van der Waals surface area contributed by atoms with E-state index >= 15 is 0 Å². The molecular weight excluding hydrogens is 474 g/mol. The number of pyridine rings is 2. The van der Waals surface area contributed by atoms with Crippen molar-refractivity contribution in [3.63, 3.8) is 0 Å². The van der Waals surface area contributed by atoms with E-state index in [4.69, 9.17) is 11.6 Å². The van der Waals surface area contributed by atoms with Gasteiger partial charge < -0.3 is 9.88 Å². The number of thioether (sulfide) groups is 1. The molecule has 5 nitrogen and oxygen atoms in total. The molecule has 0 radical (unpaired) electrons. The molecule has 0 fully saturated rings. The Kier molecular flexibility index (Phi) is 6.10. The van der Waals surface area contributed by atoms with Gasteiger partial charge in [0.05, 0.1) is 5.69 Å². The van der Waals surface area contributed by atoms with Crippen LogP contribution in [0.25, 0.3) is 5.69 Å². The summed E-state index contributed by atoms with van der Waals surface area (Å²) in [6.07, 6.45) is 3.93. The number of carbonyl (C=O) groups is 1. The predicted octanol–water partition coefficient (Wildman–Crippen LogP) is 5.58.